The number of hydrogen-bond acceptors (Lipinski definition) is 7. The molecule has 2 unspecified atom stereocenters. The number of aliphatic hydroxyl groups excluding tert-OH is 4. The SMILES string of the molecule is CCCCCCC(CCCCCCCCCCC(=O)OC)C1O[C@H](CO)[C@@H](O)[C@H](O)[C@H]1O. The molecule has 0 amide bonds. The molecule has 0 aromatic heterocycles. The van der Waals surface area contributed by atoms with Crippen molar-refractivity contribution in [2.75, 3.05) is 13.7 Å². The molecule has 0 aliphatic carbocycles. The fourth-order valence-electron chi connectivity index (χ4n) is 4.66. The molecule has 7 nitrogen and oxygen atoms in total. The van der Waals surface area contributed by atoms with Crippen molar-refractivity contribution in [2.45, 2.75) is 134 Å². The van der Waals surface area contributed by atoms with Crippen molar-refractivity contribution in [3.8, 4) is 0 Å². The molecule has 0 spiro atoms. The number of ether oxygens (including phenoxy) is 2. The van der Waals surface area contributed by atoms with Gasteiger partial charge in [0.2, 0.25) is 0 Å². The summed E-state index contributed by atoms with van der Waals surface area (Å²) in [6.45, 7) is 1.80. The van der Waals surface area contributed by atoms with Crippen molar-refractivity contribution in [1.82, 2.24) is 0 Å². The molecular formula is C25H48O7. The lowest BCUT2D eigenvalue weighted by atomic mass is 9.82. The van der Waals surface area contributed by atoms with E-state index in [9.17, 15) is 25.2 Å². The second-order valence-electron chi connectivity index (χ2n) is 9.35. The van der Waals surface area contributed by atoms with Crippen LogP contribution in [-0.4, -0.2) is 70.6 Å². The van der Waals surface area contributed by atoms with Crippen LogP contribution in [0.5, 0.6) is 0 Å². The Balaban J connectivity index is 2.36. The average molecular weight is 461 g/mol. The highest BCUT2D eigenvalue weighted by Gasteiger charge is 2.45. The van der Waals surface area contributed by atoms with E-state index < -0.39 is 30.5 Å². The van der Waals surface area contributed by atoms with Gasteiger partial charge in [0, 0.05) is 6.42 Å². The Hall–Kier alpha value is -0.730. The lowest BCUT2D eigenvalue weighted by molar-refractivity contribution is -0.242. The first-order valence-electron chi connectivity index (χ1n) is 12.8. The van der Waals surface area contributed by atoms with Gasteiger partial charge in [-0.15, -0.1) is 0 Å². The third-order valence-corrected chi connectivity index (χ3v) is 6.76. The van der Waals surface area contributed by atoms with Crippen LogP contribution in [-0.2, 0) is 14.3 Å². The van der Waals surface area contributed by atoms with Gasteiger partial charge >= 0.3 is 5.97 Å². The zero-order chi connectivity index (χ0) is 23.8. The second kappa shape index (κ2) is 17.7. The van der Waals surface area contributed by atoms with Crippen molar-refractivity contribution >= 4 is 5.97 Å². The zero-order valence-corrected chi connectivity index (χ0v) is 20.3. The molecule has 0 bridgehead atoms. The van der Waals surface area contributed by atoms with Crippen LogP contribution in [0, 0.1) is 5.92 Å². The minimum Gasteiger partial charge on any atom is -0.469 e. The maximum atomic E-state index is 11.1. The predicted octanol–water partition coefficient (Wildman–Crippen LogP) is 3.49. The van der Waals surface area contributed by atoms with Crippen LogP contribution in [0.4, 0.5) is 0 Å². The van der Waals surface area contributed by atoms with Gasteiger partial charge < -0.3 is 29.9 Å². The summed E-state index contributed by atoms with van der Waals surface area (Å²) in [5, 5.41) is 40.3. The number of aliphatic hydroxyl groups is 4. The number of rotatable bonds is 18. The molecule has 1 aliphatic heterocycles. The smallest absolute Gasteiger partial charge is 0.305 e. The summed E-state index contributed by atoms with van der Waals surface area (Å²) in [5.74, 6) is -0.0231. The number of methoxy groups -OCH3 is 1. The first-order chi connectivity index (χ1) is 15.5. The molecule has 1 aliphatic rings. The minimum absolute atomic E-state index is 0.108. The summed E-state index contributed by atoms with van der Waals surface area (Å²) in [6, 6.07) is 0. The van der Waals surface area contributed by atoms with Crippen molar-refractivity contribution in [3.63, 3.8) is 0 Å². The monoisotopic (exact) mass is 460 g/mol. The Bertz CT molecular complexity index is 471. The molecule has 6 atom stereocenters. The van der Waals surface area contributed by atoms with Crippen molar-refractivity contribution in [1.29, 1.82) is 0 Å². The number of esters is 1. The number of carbonyl (C=O) groups excluding carboxylic acids is 1. The molecule has 0 saturated carbocycles. The van der Waals surface area contributed by atoms with Gasteiger partial charge in [0.05, 0.1) is 19.8 Å². The standard InChI is InChI=1S/C25H48O7/c1-3-4-5-12-15-19(25-24(30)23(29)22(28)20(18-26)32-25)16-13-10-8-6-7-9-11-14-17-21(27)31-2/h19-20,22-26,28-30H,3-18H2,1-2H3/t19?,20-,22-,23+,24-,25?/m1/s1. The third kappa shape index (κ3) is 10.9. The molecule has 0 radical (unpaired) electrons. The van der Waals surface area contributed by atoms with E-state index in [-0.39, 0.29) is 18.5 Å². The molecular weight excluding hydrogens is 412 g/mol. The molecule has 1 saturated heterocycles. The Morgan fingerprint density at radius 2 is 1.34 bits per heavy atom. The summed E-state index contributed by atoms with van der Waals surface area (Å²) in [5.41, 5.74) is 0. The van der Waals surface area contributed by atoms with Crippen molar-refractivity contribution in [3.05, 3.63) is 0 Å². The Labute approximate surface area is 194 Å². The first kappa shape index (κ1) is 29.3. The van der Waals surface area contributed by atoms with Crippen LogP contribution in [0.1, 0.15) is 103 Å². The lowest BCUT2D eigenvalue weighted by Gasteiger charge is -2.43. The molecule has 32 heavy (non-hydrogen) atoms. The van der Waals surface area contributed by atoms with Crippen LogP contribution in [0.2, 0.25) is 0 Å². The highest BCUT2D eigenvalue weighted by Crippen LogP contribution is 2.32. The molecule has 4 N–H and O–H groups in total. The van der Waals surface area contributed by atoms with E-state index in [1.165, 1.54) is 26.4 Å². The molecule has 1 fully saturated rings. The zero-order valence-electron chi connectivity index (χ0n) is 20.3. The average Bonchev–Trinajstić information content (AvgIpc) is 2.80. The van der Waals surface area contributed by atoms with Gasteiger partial charge in [-0.25, -0.2) is 0 Å². The van der Waals surface area contributed by atoms with E-state index in [1.54, 1.807) is 0 Å². The normalized spacial score (nSPS) is 26.8. The Morgan fingerprint density at radius 1 is 0.812 bits per heavy atom. The van der Waals surface area contributed by atoms with Gasteiger partial charge in [0.1, 0.15) is 24.4 Å². The van der Waals surface area contributed by atoms with Crippen molar-refractivity contribution in [2.24, 2.45) is 5.92 Å². The van der Waals surface area contributed by atoms with Crippen LogP contribution in [0.3, 0.4) is 0 Å². The Kier molecular flexibility index (Phi) is 16.2. The van der Waals surface area contributed by atoms with Gasteiger partial charge in [0.15, 0.2) is 0 Å². The maximum Gasteiger partial charge on any atom is 0.305 e. The van der Waals surface area contributed by atoms with Gasteiger partial charge in [-0.3, -0.25) is 4.79 Å². The molecule has 190 valence electrons. The fraction of sp³-hybridized carbons (Fsp3) is 0.960. The van der Waals surface area contributed by atoms with E-state index in [4.69, 9.17) is 4.74 Å². The highest BCUT2D eigenvalue weighted by molar-refractivity contribution is 5.68. The Morgan fingerprint density at radius 3 is 1.88 bits per heavy atom. The van der Waals surface area contributed by atoms with E-state index >= 15 is 0 Å². The summed E-state index contributed by atoms with van der Waals surface area (Å²) in [6.07, 6.45) is 10.6. The van der Waals surface area contributed by atoms with Crippen molar-refractivity contribution < 1.29 is 34.7 Å². The van der Waals surface area contributed by atoms with Crippen LogP contribution >= 0.6 is 0 Å². The summed E-state index contributed by atoms with van der Waals surface area (Å²) < 4.78 is 10.5. The third-order valence-electron chi connectivity index (χ3n) is 6.76. The quantitative estimate of drug-likeness (QED) is 0.183. The molecule has 1 rings (SSSR count). The molecule has 7 heteroatoms. The second-order valence-corrected chi connectivity index (χ2v) is 9.35. The lowest BCUT2D eigenvalue weighted by Crippen LogP contribution is -2.60. The van der Waals surface area contributed by atoms with E-state index in [0.29, 0.717) is 6.42 Å². The predicted molar refractivity (Wildman–Crippen MR) is 124 cm³/mol. The topological polar surface area (TPSA) is 116 Å². The van der Waals surface area contributed by atoms with Crippen LogP contribution in [0.15, 0.2) is 0 Å². The van der Waals surface area contributed by atoms with Gasteiger partial charge in [-0.1, -0.05) is 77.6 Å². The fourth-order valence-corrected chi connectivity index (χ4v) is 4.66. The van der Waals surface area contributed by atoms with Gasteiger partial charge in [-0.2, -0.15) is 0 Å². The maximum absolute atomic E-state index is 11.1. The minimum atomic E-state index is -1.29. The summed E-state index contributed by atoms with van der Waals surface area (Å²) in [4.78, 5) is 11.1. The summed E-state index contributed by atoms with van der Waals surface area (Å²) >= 11 is 0. The van der Waals surface area contributed by atoms with Gasteiger partial charge in [0.25, 0.3) is 0 Å². The first-order valence-corrected chi connectivity index (χ1v) is 12.8. The van der Waals surface area contributed by atoms with Gasteiger partial charge in [-0.05, 0) is 25.2 Å². The number of carbonyl (C=O) groups is 1. The highest BCUT2D eigenvalue weighted by atomic mass is 16.5. The summed E-state index contributed by atoms with van der Waals surface area (Å²) in [7, 11) is 1.43. The molecule has 0 aromatic carbocycles. The number of hydrogen-bond donors (Lipinski definition) is 4. The number of unbranched alkanes of at least 4 members (excludes halogenated alkanes) is 10. The van der Waals surface area contributed by atoms with Crippen LogP contribution < -0.4 is 0 Å². The van der Waals surface area contributed by atoms with E-state index in [0.717, 1.165) is 70.6 Å². The molecule has 1 heterocycles. The largest absolute Gasteiger partial charge is 0.469 e. The molecule has 0 aromatic rings. The van der Waals surface area contributed by atoms with E-state index in [2.05, 4.69) is 11.7 Å². The van der Waals surface area contributed by atoms with E-state index in [1.807, 2.05) is 0 Å². The van der Waals surface area contributed by atoms with Crippen LogP contribution in [0.25, 0.3) is 0 Å².